The molecular weight excluding hydrogens is 266 g/mol. The van der Waals surface area contributed by atoms with Crippen molar-refractivity contribution < 1.29 is 4.79 Å². The highest BCUT2D eigenvalue weighted by atomic mass is 16.2. The van der Waals surface area contributed by atoms with E-state index in [0.29, 0.717) is 11.5 Å². The summed E-state index contributed by atoms with van der Waals surface area (Å²) in [7, 11) is 0. The molecule has 3 rings (SSSR count). The number of aromatic nitrogens is 3. The van der Waals surface area contributed by atoms with Crippen molar-refractivity contribution in [2.75, 3.05) is 5.32 Å². The quantitative estimate of drug-likeness (QED) is 0.798. The Hall–Kier alpha value is -2.21. The minimum absolute atomic E-state index is 0.162. The van der Waals surface area contributed by atoms with Gasteiger partial charge in [-0.15, -0.1) is 0 Å². The van der Waals surface area contributed by atoms with Crippen molar-refractivity contribution in [3.8, 4) is 11.4 Å². The van der Waals surface area contributed by atoms with E-state index in [1.54, 1.807) is 6.92 Å². The zero-order valence-corrected chi connectivity index (χ0v) is 12.2. The second-order valence-corrected chi connectivity index (χ2v) is 5.80. The molecule has 1 aliphatic rings. The Morgan fingerprint density at radius 3 is 2.76 bits per heavy atom. The summed E-state index contributed by atoms with van der Waals surface area (Å²) in [5.41, 5.74) is 6.78. The summed E-state index contributed by atoms with van der Waals surface area (Å²) in [5, 5.41) is 9.87. The lowest BCUT2D eigenvalue weighted by atomic mass is 9.96. The summed E-state index contributed by atoms with van der Waals surface area (Å²) in [6.07, 6.45) is 2.03. The van der Waals surface area contributed by atoms with Gasteiger partial charge in [-0.05, 0) is 44.7 Å². The van der Waals surface area contributed by atoms with E-state index in [2.05, 4.69) is 20.5 Å². The fraction of sp³-hybridized carbons (Fsp3) is 0.400. The van der Waals surface area contributed by atoms with Crippen molar-refractivity contribution in [2.45, 2.75) is 32.2 Å². The molecule has 6 nitrogen and oxygen atoms in total. The Bertz CT molecular complexity index is 672. The molecule has 1 aromatic heterocycles. The number of benzene rings is 1. The lowest BCUT2D eigenvalue weighted by molar-refractivity contribution is -0.121. The topological polar surface area (TPSA) is 96.7 Å². The van der Waals surface area contributed by atoms with E-state index < -0.39 is 5.54 Å². The van der Waals surface area contributed by atoms with Gasteiger partial charge in [0.2, 0.25) is 5.91 Å². The molecule has 1 aliphatic carbocycles. The number of hydrogen-bond donors (Lipinski definition) is 3. The number of nitrogens with two attached hydrogens (primary N) is 1. The molecule has 4 N–H and O–H groups in total. The third-order valence-electron chi connectivity index (χ3n) is 3.93. The zero-order chi connectivity index (χ0) is 15.0. The molecule has 0 aliphatic heterocycles. The lowest BCUT2D eigenvalue weighted by Gasteiger charge is -2.23. The Balaban J connectivity index is 1.87. The molecule has 1 fully saturated rings. The van der Waals surface area contributed by atoms with Gasteiger partial charge in [-0.2, -0.15) is 5.10 Å². The van der Waals surface area contributed by atoms with Gasteiger partial charge in [0.05, 0.1) is 11.2 Å². The van der Waals surface area contributed by atoms with Gasteiger partial charge in [-0.25, -0.2) is 4.98 Å². The van der Waals surface area contributed by atoms with Crippen molar-refractivity contribution in [1.82, 2.24) is 15.2 Å². The predicted molar refractivity (Wildman–Crippen MR) is 80.5 cm³/mol. The summed E-state index contributed by atoms with van der Waals surface area (Å²) < 4.78 is 0. The Labute approximate surface area is 123 Å². The van der Waals surface area contributed by atoms with E-state index >= 15 is 0 Å². The zero-order valence-electron chi connectivity index (χ0n) is 12.2. The molecule has 1 aromatic carbocycles. The van der Waals surface area contributed by atoms with Gasteiger partial charge in [-0.3, -0.25) is 9.89 Å². The second-order valence-electron chi connectivity index (χ2n) is 5.80. The Morgan fingerprint density at radius 1 is 1.43 bits per heavy atom. The number of aryl methyl sites for hydroxylation is 1. The van der Waals surface area contributed by atoms with E-state index in [4.69, 9.17) is 5.73 Å². The molecule has 0 spiro atoms. The van der Waals surface area contributed by atoms with Crippen LogP contribution in [0.1, 0.15) is 25.6 Å². The minimum atomic E-state index is -0.831. The van der Waals surface area contributed by atoms with Crippen LogP contribution in [0, 0.1) is 12.8 Å². The minimum Gasteiger partial charge on any atom is -0.324 e. The molecule has 1 heterocycles. The van der Waals surface area contributed by atoms with Crippen LogP contribution in [0.2, 0.25) is 0 Å². The maximum absolute atomic E-state index is 12.4. The van der Waals surface area contributed by atoms with Gasteiger partial charge in [0.15, 0.2) is 5.82 Å². The van der Waals surface area contributed by atoms with E-state index in [-0.39, 0.29) is 11.8 Å². The smallest absolute Gasteiger partial charge is 0.244 e. The van der Waals surface area contributed by atoms with Gasteiger partial charge < -0.3 is 11.1 Å². The number of hydrogen-bond acceptors (Lipinski definition) is 4. The normalized spacial score (nSPS) is 17.3. The second kappa shape index (κ2) is 4.96. The number of para-hydroxylation sites is 1. The average molecular weight is 285 g/mol. The molecule has 0 radical (unpaired) electrons. The van der Waals surface area contributed by atoms with Crippen molar-refractivity contribution in [1.29, 1.82) is 0 Å². The van der Waals surface area contributed by atoms with Crippen molar-refractivity contribution in [3.05, 3.63) is 30.1 Å². The number of amides is 1. The molecule has 0 saturated heterocycles. The number of carbonyl (C=O) groups is 1. The van der Waals surface area contributed by atoms with E-state index in [1.807, 2.05) is 31.2 Å². The molecular formula is C15H19N5O. The largest absolute Gasteiger partial charge is 0.324 e. The highest BCUT2D eigenvalue weighted by Crippen LogP contribution is 2.39. The number of H-pyrrole nitrogens is 1. The van der Waals surface area contributed by atoms with Crippen LogP contribution >= 0.6 is 0 Å². The molecule has 21 heavy (non-hydrogen) atoms. The molecule has 1 atom stereocenters. The first-order valence-electron chi connectivity index (χ1n) is 7.07. The molecule has 1 unspecified atom stereocenters. The predicted octanol–water partition coefficient (Wildman–Crippen LogP) is 1.85. The van der Waals surface area contributed by atoms with Gasteiger partial charge in [-0.1, -0.05) is 12.1 Å². The molecule has 2 aromatic rings. The van der Waals surface area contributed by atoms with Crippen LogP contribution in [0.3, 0.4) is 0 Å². The third-order valence-corrected chi connectivity index (χ3v) is 3.93. The average Bonchev–Trinajstić information content (AvgIpc) is 3.23. The standard InChI is InChI=1S/C15H19N5O/c1-9-17-13(20-19-9)11-5-3-4-6-12(11)18-14(21)15(2,16)10-7-8-10/h3-6,10H,7-8,16H2,1-2H3,(H,18,21)(H,17,19,20). The van der Waals surface area contributed by atoms with Crippen molar-refractivity contribution in [3.63, 3.8) is 0 Å². The van der Waals surface area contributed by atoms with E-state index in [0.717, 1.165) is 24.2 Å². The van der Waals surface area contributed by atoms with Gasteiger partial charge in [0.1, 0.15) is 5.82 Å². The van der Waals surface area contributed by atoms with Crippen LogP contribution in [0.5, 0.6) is 0 Å². The summed E-state index contributed by atoms with van der Waals surface area (Å²) in [5.74, 6) is 1.40. The number of nitrogens with zero attached hydrogens (tertiary/aromatic N) is 2. The highest BCUT2D eigenvalue weighted by Gasteiger charge is 2.44. The number of nitrogens with one attached hydrogen (secondary N) is 2. The summed E-state index contributed by atoms with van der Waals surface area (Å²) >= 11 is 0. The maximum Gasteiger partial charge on any atom is 0.244 e. The molecule has 0 bridgehead atoms. The monoisotopic (exact) mass is 285 g/mol. The summed E-state index contributed by atoms with van der Waals surface area (Å²) in [4.78, 5) is 16.7. The molecule has 110 valence electrons. The highest BCUT2D eigenvalue weighted by molar-refractivity contribution is 6.00. The number of rotatable bonds is 4. The van der Waals surface area contributed by atoms with Gasteiger partial charge in [0, 0.05) is 5.56 Å². The SMILES string of the molecule is Cc1nc(-c2ccccc2NC(=O)C(C)(N)C2CC2)n[nH]1. The van der Waals surface area contributed by atoms with Crippen molar-refractivity contribution >= 4 is 11.6 Å². The summed E-state index contributed by atoms with van der Waals surface area (Å²) in [6.45, 7) is 3.63. The van der Waals surface area contributed by atoms with Crippen LogP contribution in [0.4, 0.5) is 5.69 Å². The third kappa shape index (κ3) is 2.67. The first-order chi connectivity index (χ1) is 9.98. The van der Waals surface area contributed by atoms with Crippen LogP contribution < -0.4 is 11.1 Å². The fourth-order valence-electron chi connectivity index (χ4n) is 2.38. The number of carbonyl (C=O) groups excluding carboxylic acids is 1. The molecule has 6 heteroatoms. The fourth-order valence-corrected chi connectivity index (χ4v) is 2.38. The van der Waals surface area contributed by atoms with E-state index in [9.17, 15) is 4.79 Å². The van der Waals surface area contributed by atoms with E-state index in [1.165, 1.54) is 0 Å². The molecule has 1 saturated carbocycles. The Kier molecular flexibility index (Phi) is 3.25. The number of aromatic amines is 1. The van der Waals surface area contributed by atoms with Crippen LogP contribution in [0.15, 0.2) is 24.3 Å². The Morgan fingerprint density at radius 2 is 2.14 bits per heavy atom. The number of anilines is 1. The first kappa shape index (κ1) is 13.8. The lowest BCUT2D eigenvalue weighted by Crippen LogP contribution is -2.50. The van der Waals surface area contributed by atoms with Gasteiger partial charge >= 0.3 is 0 Å². The van der Waals surface area contributed by atoms with Crippen molar-refractivity contribution in [2.24, 2.45) is 11.7 Å². The summed E-state index contributed by atoms with van der Waals surface area (Å²) in [6, 6.07) is 7.47. The van der Waals surface area contributed by atoms with Gasteiger partial charge in [0.25, 0.3) is 0 Å². The maximum atomic E-state index is 12.4. The first-order valence-corrected chi connectivity index (χ1v) is 7.07. The van der Waals surface area contributed by atoms with Crippen LogP contribution in [0.25, 0.3) is 11.4 Å². The van der Waals surface area contributed by atoms with Crippen LogP contribution in [-0.2, 0) is 4.79 Å². The molecule has 1 amide bonds. The van der Waals surface area contributed by atoms with Crippen LogP contribution in [-0.4, -0.2) is 26.6 Å².